The highest BCUT2D eigenvalue weighted by Crippen LogP contribution is 2.57. The fourth-order valence-electron chi connectivity index (χ4n) is 6.38. The maximum Gasteiger partial charge on any atom is 0.260 e. The predicted molar refractivity (Wildman–Crippen MR) is 142 cm³/mol. The zero-order valence-electron chi connectivity index (χ0n) is 21.4. The lowest BCUT2D eigenvalue weighted by Crippen LogP contribution is -2.41. The second-order valence-electron chi connectivity index (χ2n) is 11.1. The Balaban J connectivity index is 1.28. The van der Waals surface area contributed by atoms with E-state index < -0.39 is 5.54 Å². The Labute approximate surface area is 215 Å². The number of aromatic nitrogens is 5. The van der Waals surface area contributed by atoms with Crippen molar-refractivity contribution < 1.29 is 4.79 Å². The largest absolute Gasteiger partial charge is 0.344 e. The van der Waals surface area contributed by atoms with Gasteiger partial charge < -0.3 is 10.3 Å². The molecule has 2 unspecified atom stereocenters. The van der Waals surface area contributed by atoms with E-state index in [1.165, 1.54) is 41.2 Å². The Morgan fingerprint density at radius 2 is 1.92 bits per heavy atom. The quantitative estimate of drug-likeness (QED) is 0.352. The number of hydrogen-bond acceptors (Lipinski definition) is 4. The van der Waals surface area contributed by atoms with E-state index in [0.717, 1.165) is 28.0 Å². The van der Waals surface area contributed by atoms with Crippen LogP contribution in [-0.2, 0) is 12.6 Å². The summed E-state index contributed by atoms with van der Waals surface area (Å²) < 4.78 is 1.93. The summed E-state index contributed by atoms with van der Waals surface area (Å²) in [5.41, 5.74) is 7.54. The molecule has 0 radical (unpaired) electrons. The van der Waals surface area contributed by atoms with Crippen molar-refractivity contribution in [3.8, 4) is 11.3 Å². The zero-order chi connectivity index (χ0) is 25.5. The van der Waals surface area contributed by atoms with Crippen molar-refractivity contribution in [1.82, 2.24) is 30.0 Å². The maximum atomic E-state index is 13.1. The summed E-state index contributed by atoms with van der Waals surface area (Å²) >= 11 is 0. The van der Waals surface area contributed by atoms with Crippen LogP contribution < -0.4 is 5.32 Å². The number of carbonyl (C=O) groups is 1. The number of nitrogens with one attached hydrogen (secondary N) is 2. The minimum Gasteiger partial charge on any atom is -0.344 e. The number of pyridine rings is 1. The van der Waals surface area contributed by atoms with E-state index in [-0.39, 0.29) is 5.91 Å². The smallest absolute Gasteiger partial charge is 0.260 e. The fraction of sp³-hybridized carbons (Fsp3) is 0.333. The number of aryl methyl sites for hydroxylation is 2. The van der Waals surface area contributed by atoms with Gasteiger partial charge in [0.2, 0.25) is 0 Å². The molecule has 1 amide bonds. The highest BCUT2D eigenvalue weighted by atomic mass is 16.1. The van der Waals surface area contributed by atoms with E-state index in [9.17, 15) is 4.79 Å². The van der Waals surface area contributed by atoms with E-state index >= 15 is 0 Å². The van der Waals surface area contributed by atoms with Crippen LogP contribution in [0.3, 0.4) is 0 Å². The molecule has 0 aliphatic heterocycles. The molecule has 2 N–H and O–H groups in total. The summed E-state index contributed by atoms with van der Waals surface area (Å²) in [6.45, 7) is 5.80. The predicted octanol–water partition coefficient (Wildman–Crippen LogP) is 5.45. The average molecular weight is 489 g/mol. The van der Waals surface area contributed by atoms with Gasteiger partial charge in [0.1, 0.15) is 5.82 Å². The molecule has 0 saturated heterocycles. The third-order valence-electron chi connectivity index (χ3n) is 8.17. The number of amides is 1. The summed E-state index contributed by atoms with van der Waals surface area (Å²) in [4.78, 5) is 25.8. The number of H-pyrrole nitrogens is 1. The van der Waals surface area contributed by atoms with E-state index in [2.05, 4.69) is 44.6 Å². The molecule has 5 aromatic rings. The highest BCUT2D eigenvalue weighted by Gasteiger charge is 2.41. The second kappa shape index (κ2) is 7.66. The van der Waals surface area contributed by atoms with Crippen molar-refractivity contribution >= 4 is 27.7 Å². The summed E-state index contributed by atoms with van der Waals surface area (Å²) in [5.74, 6) is 1.59. The van der Waals surface area contributed by atoms with Crippen molar-refractivity contribution in [1.29, 1.82) is 0 Å². The van der Waals surface area contributed by atoms with Gasteiger partial charge in [0.25, 0.3) is 5.91 Å². The van der Waals surface area contributed by atoms with Crippen LogP contribution in [0.15, 0.2) is 36.7 Å². The summed E-state index contributed by atoms with van der Waals surface area (Å²) in [6, 6.07) is 14.4. The molecule has 1 saturated carbocycles. The number of rotatable bonds is 4. The van der Waals surface area contributed by atoms with Crippen LogP contribution in [0.4, 0.5) is 0 Å². The van der Waals surface area contributed by atoms with Crippen LogP contribution in [0.25, 0.3) is 33.1 Å². The lowest BCUT2D eigenvalue weighted by Gasteiger charge is -2.23. The lowest BCUT2D eigenvalue weighted by molar-refractivity contribution is 0.0908. The van der Waals surface area contributed by atoms with Gasteiger partial charge in [-0.2, -0.15) is 5.10 Å². The standard InChI is InChI=1S/C30H28N6O/c1-16-14-31-29(33-16)30(2,3)35-28(37)18-7-5-17(6-8-18)27-25-20-10-9-19(13-20)24(25)26-21-15-32-36(4)23(21)12-11-22(26)34-27/h5,7,11-12,14-15,19-20H,9-10,13H2,1-4H3,(H,31,33)(H,35,37). The number of carbonyl (C=O) groups excluding carboxylic acids is 1. The van der Waals surface area contributed by atoms with E-state index in [1.807, 2.05) is 50.8 Å². The topological polar surface area (TPSA) is 88.5 Å². The molecule has 2 aliphatic rings. The third kappa shape index (κ3) is 3.28. The molecule has 7 heteroatoms. The van der Waals surface area contributed by atoms with Crippen molar-refractivity contribution in [2.75, 3.05) is 0 Å². The summed E-state index contributed by atoms with van der Waals surface area (Å²) in [6.07, 6.45) is 7.35. The van der Waals surface area contributed by atoms with Crippen molar-refractivity contribution in [3.63, 3.8) is 0 Å². The first-order valence-electron chi connectivity index (χ1n) is 12.9. The molecule has 3 aromatic heterocycles. The first-order chi connectivity index (χ1) is 17.8. The van der Waals surface area contributed by atoms with E-state index in [1.54, 1.807) is 6.20 Å². The Bertz CT molecular complexity index is 1710. The molecule has 1 fully saturated rings. The fourth-order valence-corrected chi connectivity index (χ4v) is 6.38. The molecular weight excluding hydrogens is 460 g/mol. The molecule has 0 spiro atoms. The van der Waals surface area contributed by atoms with Crippen molar-refractivity contribution in [3.05, 3.63) is 77.0 Å². The molecule has 37 heavy (non-hydrogen) atoms. The molecule has 2 aromatic carbocycles. The highest BCUT2D eigenvalue weighted by molar-refractivity contribution is 6.08. The first kappa shape index (κ1) is 22.1. The summed E-state index contributed by atoms with van der Waals surface area (Å²) in [5, 5.41) is 10.0. The number of nitrogens with zero attached hydrogens (tertiary/aromatic N) is 4. The monoisotopic (exact) mass is 488 g/mol. The number of imidazole rings is 1. The van der Waals surface area contributed by atoms with Gasteiger partial charge >= 0.3 is 0 Å². The summed E-state index contributed by atoms with van der Waals surface area (Å²) in [7, 11) is 1.99. The van der Waals surface area contributed by atoms with Gasteiger partial charge in [-0.1, -0.05) is 12.1 Å². The van der Waals surface area contributed by atoms with Crippen LogP contribution in [-0.4, -0.2) is 30.6 Å². The normalized spacial score (nSPS) is 18.4. The molecule has 2 bridgehead atoms. The number of benzene rings is 1. The Morgan fingerprint density at radius 3 is 2.65 bits per heavy atom. The molecule has 7 nitrogen and oxygen atoms in total. The molecular formula is C30H28N6O. The molecule has 3 heterocycles. The van der Waals surface area contributed by atoms with Gasteiger partial charge in [0.15, 0.2) is 0 Å². The van der Waals surface area contributed by atoms with Gasteiger partial charge in [-0.15, -0.1) is 0 Å². The first-order valence-corrected chi connectivity index (χ1v) is 12.9. The van der Waals surface area contributed by atoms with Crippen LogP contribution in [0.5, 0.6) is 0 Å². The third-order valence-corrected chi connectivity index (χ3v) is 8.17. The van der Waals surface area contributed by atoms with Crippen LogP contribution in [0, 0.1) is 19.1 Å². The zero-order valence-corrected chi connectivity index (χ0v) is 21.4. The average Bonchev–Trinajstić information content (AvgIpc) is 3.68. The molecule has 184 valence electrons. The van der Waals surface area contributed by atoms with Crippen LogP contribution >= 0.6 is 0 Å². The Hall–Kier alpha value is -4.18. The molecule has 2 aliphatic carbocycles. The van der Waals surface area contributed by atoms with E-state index in [4.69, 9.17) is 4.98 Å². The maximum absolute atomic E-state index is 13.1. The Morgan fingerprint density at radius 1 is 1.11 bits per heavy atom. The van der Waals surface area contributed by atoms with Crippen molar-refractivity contribution in [2.45, 2.75) is 57.4 Å². The number of fused-ring (bicyclic) bond motifs is 9. The number of hydrogen-bond donors (Lipinski definition) is 2. The van der Waals surface area contributed by atoms with E-state index in [0.29, 0.717) is 23.2 Å². The van der Waals surface area contributed by atoms with Gasteiger partial charge in [-0.05, 0) is 87.3 Å². The van der Waals surface area contributed by atoms with Gasteiger partial charge in [-0.25, -0.2) is 9.97 Å². The van der Waals surface area contributed by atoms with Crippen LogP contribution in [0.2, 0.25) is 0 Å². The van der Waals surface area contributed by atoms with Crippen LogP contribution in [0.1, 0.15) is 77.9 Å². The second-order valence-corrected chi connectivity index (χ2v) is 11.1. The molecule has 7 rings (SSSR count). The Kier molecular flexibility index (Phi) is 4.56. The van der Waals surface area contributed by atoms with Gasteiger partial charge in [0.05, 0.1) is 39.6 Å². The van der Waals surface area contributed by atoms with Gasteiger partial charge in [-0.3, -0.25) is 9.48 Å². The SMILES string of the molecule is Cc1cnc(C(C)(C)NC(=O)c2c#cc(-c3nc4ccc5c(cnn5C)c4c4c3C3CCC4C3)cc2)[nH]1. The molecule has 2 atom stereocenters. The number of aromatic amines is 1. The lowest BCUT2D eigenvalue weighted by atomic mass is 9.85. The van der Waals surface area contributed by atoms with Crippen molar-refractivity contribution in [2.24, 2.45) is 7.05 Å². The minimum atomic E-state index is -0.643. The minimum absolute atomic E-state index is 0.212. The van der Waals surface area contributed by atoms with Gasteiger partial charge in [0, 0.05) is 29.7 Å².